The third kappa shape index (κ3) is 2.86. The van der Waals surface area contributed by atoms with E-state index >= 15 is 0 Å². The van der Waals surface area contributed by atoms with Gasteiger partial charge in [-0.2, -0.15) is 13.2 Å². The molecular weight excluding hydrogens is 181 g/mol. The molecule has 0 aromatic heterocycles. The van der Waals surface area contributed by atoms with Crippen molar-refractivity contribution in [2.45, 2.75) is 44.4 Å². The zero-order valence-electron chi connectivity index (χ0n) is 7.73. The summed E-state index contributed by atoms with van der Waals surface area (Å²) in [6, 6.07) is 0. The Morgan fingerprint density at radius 3 is 2.08 bits per heavy atom. The number of methoxy groups -OCH3 is 1. The van der Waals surface area contributed by atoms with Gasteiger partial charge in [-0.3, -0.25) is 0 Å². The van der Waals surface area contributed by atoms with Gasteiger partial charge in [-0.15, -0.1) is 0 Å². The summed E-state index contributed by atoms with van der Waals surface area (Å²) >= 11 is 0. The van der Waals surface area contributed by atoms with Gasteiger partial charge in [0.2, 0.25) is 0 Å². The van der Waals surface area contributed by atoms with E-state index in [-0.39, 0.29) is 5.92 Å². The van der Waals surface area contributed by atoms with Gasteiger partial charge in [-0.05, 0) is 18.8 Å². The van der Waals surface area contributed by atoms with Gasteiger partial charge in [-0.25, -0.2) is 0 Å². The topological polar surface area (TPSA) is 9.23 Å². The summed E-state index contributed by atoms with van der Waals surface area (Å²) in [4.78, 5) is 0. The monoisotopic (exact) mass is 196 g/mol. The lowest BCUT2D eigenvalue weighted by molar-refractivity contribution is -0.231. The number of alkyl halides is 3. The lowest BCUT2D eigenvalue weighted by atomic mass is 9.85. The van der Waals surface area contributed by atoms with Crippen molar-refractivity contribution in [3.05, 3.63) is 0 Å². The van der Waals surface area contributed by atoms with Crippen LogP contribution in [0.25, 0.3) is 0 Å². The highest BCUT2D eigenvalue weighted by Gasteiger charge is 2.44. The van der Waals surface area contributed by atoms with Gasteiger partial charge in [0.1, 0.15) is 0 Å². The molecule has 13 heavy (non-hydrogen) atoms. The van der Waals surface area contributed by atoms with Crippen molar-refractivity contribution >= 4 is 0 Å². The van der Waals surface area contributed by atoms with Crippen LogP contribution in [0, 0.1) is 5.92 Å². The van der Waals surface area contributed by atoms with Crippen molar-refractivity contribution in [3.8, 4) is 0 Å². The average Bonchev–Trinajstić information content (AvgIpc) is 2.05. The smallest absolute Gasteiger partial charge is 0.372 e. The molecule has 0 radical (unpaired) electrons. The Kier molecular flexibility index (Phi) is 3.59. The maximum atomic E-state index is 12.4. The molecule has 0 saturated heterocycles. The summed E-state index contributed by atoms with van der Waals surface area (Å²) < 4.78 is 41.7. The Morgan fingerprint density at radius 2 is 1.69 bits per heavy atom. The minimum absolute atomic E-state index is 0.321. The number of rotatable bonds is 2. The van der Waals surface area contributed by atoms with E-state index in [1.807, 2.05) is 0 Å². The quantitative estimate of drug-likeness (QED) is 0.659. The minimum atomic E-state index is -4.20. The maximum Gasteiger partial charge on any atom is 0.414 e. The van der Waals surface area contributed by atoms with Crippen LogP contribution >= 0.6 is 0 Å². The van der Waals surface area contributed by atoms with E-state index in [1.54, 1.807) is 0 Å². The van der Waals surface area contributed by atoms with Crippen LogP contribution in [0.5, 0.6) is 0 Å². The van der Waals surface area contributed by atoms with Crippen molar-refractivity contribution < 1.29 is 17.9 Å². The normalized spacial score (nSPS) is 23.1. The Bertz CT molecular complexity index is 149. The molecule has 1 aliphatic rings. The first-order chi connectivity index (χ1) is 6.05. The number of hydrogen-bond acceptors (Lipinski definition) is 1. The molecule has 0 heterocycles. The van der Waals surface area contributed by atoms with Crippen LogP contribution < -0.4 is 0 Å². The molecule has 1 unspecified atom stereocenters. The van der Waals surface area contributed by atoms with E-state index < -0.39 is 12.3 Å². The number of halogens is 3. The molecule has 78 valence electrons. The number of hydrogen-bond donors (Lipinski definition) is 0. The van der Waals surface area contributed by atoms with Crippen LogP contribution in [0.2, 0.25) is 0 Å². The SMILES string of the molecule is COC(C1CCCCC1)C(F)(F)F. The van der Waals surface area contributed by atoms with Gasteiger partial charge in [0, 0.05) is 7.11 Å². The molecule has 1 atom stereocenters. The molecule has 4 heteroatoms. The second-order valence-electron chi connectivity index (χ2n) is 3.60. The number of ether oxygens (including phenoxy) is 1. The Hall–Kier alpha value is -0.250. The van der Waals surface area contributed by atoms with Crippen molar-refractivity contribution in [2.24, 2.45) is 5.92 Å². The van der Waals surface area contributed by atoms with E-state index in [0.717, 1.165) is 26.4 Å². The van der Waals surface area contributed by atoms with Crippen molar-refractivity contribution in [2.75, 3.05) is 7.11 Å². The lowest BCUT2D eigenvalue weighted by Gasteiger charge is -2.30. The first-order valence-electron chi connectivity index (χ1n) is 4.65. The average molecular weight is 196 g/mol. The third-order valence-corrected chi connectivity index (χ3v) is 2.65. The molecule has 0 N–H and O–H groups in total. The maximum absolute atomic E-state index is 12.4. The molecule has 1 fully saturated rings. The standard InChI is InChI=1S/C9H15F3O/c1-13-8(9(10,11)12)7-5-3-2-4-6-7/h7-8H,2-6H2,1H3. The first kappa shape index (κ1) is 10.8. The van der Waals surface area contributed by atoms with E-state index in [9.17, 15) is 13.2 Å². The second-order valence-corrected chi connectivity index (χ2v) is 3.60. The molecule has 1 nitrogen and oxygen atoms in total. The van der Waals surface area contributed by atoms with Crippen molar-refractivity contribution in [1.29, 1.82) is 0 Å². The molecule has 0 aromatic rings. The molecular formula is C9H15F3O. The van der Waals surface area contributed by atoms with Gasteiger partial charge >= 0.3 is 6.18 Å². The fourth-order valence-electron chi connectivity index (χ4n) is 2.03. The van der Waals surface area contributed by atoms with Crippen molar-refractivity contribution in [1.82, 2.24) is 0 Å². The molecule has 0 spiro atoms. The highest BCUT2D eigenvalue weighted by atomic mass is 19.4. The Balaban J connectivity index is 2.54. The zero-order chi connectivity index (χ0) is 9.90. The summed E-state index contributed by atoms with van der Waals surface area (Å²) in [5.74, 6) is -0.321. The lowest BCUT2D eigenvalue weighted by Crippen LogP contribution is -2.38. The van der Waals surface area contributed by atoms with Gasteiger partial charge in [-0.1, -0.05) is 19.3 Å². The van der Waals surface area contributed by atoms with Gasteiger partial charge in [0.25, 0.3) is 0 Å². The van der Waals surface area contributed by atoms with E-state index in [4.69, 9.17) is 0 Å². The van der Waals surface area contributed by atoms with Crippen LogP contribution in [-0.4, -0.2) is 19.4 Å². The molecule has 1 rings (SSSR count). The molecule has 0 aromatic carbocycles. The summed E-state index contributed by atoms with van der Waals surface area (Å²) in [5, 5.41) is 0. The van der Waals surface area contributed by atoms with Crippen LogP contribution in [0.3, 0.4) is 0 Å². The largest absolute Gasteiger partial charge is 0.414 e. The third-order valence-electron chi connectivity index (χ3n) is 2.65. The molecule has 1 aliphatic carbocycles. The van der Waals surface area contributed by atoms with Gasteiger partial charge in [0.15, 0.2) is 6.10 Å². The van der Waals surface area contributed by atoms with Gasteiger partial charge in [0.05, 0.1) is 0 Å². The predicted molar refractivity (Wildman–Crippen MR) is 43.4 cm³/mol. The summed E-state index contributed by atoms with van der Waals surface area (Å²) in [5.41, 5.74) is 0. The molecule has 0 aliphatic heterocycles. The highest BCUT2D eigenvalue weighted by Crippen LogP contribution is 2.36. The summed E-state index contributed by atoms with van der Waals surface area (Å²) in [7, 11) is 1.15. The van der Waals surface area contributed by atoms with Crippen LogP contribution in [0.1, 0.15) is 32.1 Å². The first-order valence-corrected chi connectivity index (χ1v) is 4.65. The van der Waals surface area contributed by atoms with Crippen LogP contribution in [0.15, 0.2) is 0 Å². The van der Waals surface area contributed by atoms with E-state index in [1.165, 1.54) is 0 Å². The second kappa shape index (κ2) is 4.31. The predicted octanol–water partition coefficient (Wildman–Crippen LogP) is 3.14. The Morgan fingerprint density at radius 1 is 1.15 bits per heavy atom. The van der Waals surface area contributed by atoms with Crippen LogP contribution in [-0.2, 0) is 4.74 Å². The fraction of sp³-hybridized carbons (Fsp3) is 1.00. The highest BCUT2D eigenvalue weighted by molar-refractivity contribution is 4.79. The van der Waals surface area contributed by atoms with E-state index in [0.29, 0.717) is 12.8 Å². The fourth-order valence-corrected chi connectivity index (χ4v) is 2.03. The zero-order valence-corrected chi connectivity index (χ0v) is 7.73. The summed E-state index contributed by atoms with van der Waals surface area (Å²) in [6.45, 7) is 0. The summed E-state index contributed by atoms with van der Waals surface area (Å²) in [6.07, 6.45) is -1.58. The molecule has 0 bridgehead atoms. The van der Waals surface area contributed by atoms with Gasteiger partial charge < -0.3 is 4.74 Å². The van der Waals surface area contributed by atoms with E-state index in [2.05, 4.69) is 4.74 Å². The minimum Gasteiger partial charge on any atom is -0.372 e. The Labute approximate surface area is 76.3 Å². The van der Waals surface area contributed by atoms with Crippen LogP contribution in [0.4, 0.5) is 13.2 Å². The molecule has 1 saturated carbocycles. The van der Waals surface area contributed by atoms with Crippen molar-refractivity contribution in [3.63, 3.8) is 0 Å². The molecule has 0 amide bonds.